The van der Waals surface area contributed by atoms with E-state index in [9.17, 15) is 9.90 Å². The minimum atomic E-state index is -0.611. The highest BCUT2D eigenvalue weighted by Crippen LogP contribution is 2.49. The van der Waals surface area contributed by atoms with E-state index in [1.165, 1.54) is 25.7 Å². The molecule has 0 aromatic heterocycles. The second-order valence-corrected chi connectivity index (χ2v) is 7.28. The zero-order valence-electron chi connectivity index (χ0n) is 12.7. The fourth-order valence-corrected chi connectivity index (χ4v) is 4.48. The van der Waals surface area contributed by atoms with Crippen molar-refractivity contribution in [2.24, 2.45) is 11.8 Å². The molecule has 114 valence electrons. The van der Waals surface area contributed by atoms with Gasteiger partial charge in [-0.15, -0.1) is 0 Å². The summed E-state index contributed by atoms with van der Waals surface area (Å²) in [5, 5.41) is 9.42. The Morgan fingerprint density at radius 2 is 1.85 bits per heavy atom. The maximum absolute atomic E-state index is 11.4. The number of hydrogen-bond donors (Lipinski definition) is 1. The van der Waals surface area contributed by atoms with Gasteiger partial charge in [0.2, 0.25) is 0 Å². The van der Waals surface area contributed by atoms with Crippen LogP contribution in [0.1, 0.15) is 44.9 Å². The van der Waals surface area contributed by atoms with E-state index in [4.69, 9.17) is 0 Å². The van der Waals surface area contributed by atoms with Crippen molar-refractivity contribution < 1.29 is 9.90 Å². The molecule has 1 N–H and O–H groups in total. The van der Waals surface area contributed by atoms with Crippen molar-refractivity contribution in [1.82, 2.24) is 9.80 Å². The summed E-state index contributed by atoms with van der Waals surface area (Å²) in [5.74, 6) is 1.10. The molecule has 0 bridgehead atoms. The number of piperazine rings is 1. The second kappa shape index (κ2) is 5.64. The highest BCUT2D eigenvalue weighted by Gasteiger charge is 2.46. The van der Waals surface area contributed by atoms with Crippen molar-refractivity contribution in [3.8, 4) is 0 Å². The Hall–Kier alpha value is -0.610. The molecule has 4 nitrogen and oxygen atoms in total. The van der Waals surface area contributed by atoms with Crippen LogP contribution < -0.4 is 0 Å². The van der Waals surface area contributed by atoms with Gasteiger partial charge in [-0.1, -0.05) is 12.8 Å². The lowest BCUT2D eigenvalue weighted by Gasteiger charge is -2.50. The Labute approximate surface area is 122 Å². The first-order valence-electron chi connectivity index (χ1n) is 8.24. The predicted octanol–water partition coefficient (Wildman–Crippen LogP) is 2.05. The van der Waals surface area contributed by atoms with Crippen LogP contribution in [0.15, 0.2) is 0 Å². The van der Waals surface area contributed by atoms with Crippen LogP contribution in [0.4, 0.5) is 0 Å². The van der Waals surface area contributed by atoms with Crippen LogP contribution in [0, 0.1) is 11.8 Å². The molecular weight excluding hydrogens is 252 g/mol. The summed E-state index contributed by atoms with van der Waals surface area (Å²) in [4.78, 5) is 16.3. The number of likely N-dealkylation sites (N-methyl/N-ethyl adjacent to an activating group) is 1. The lowest BCUT2D eigenvalue weighted by atomic mass is 9.71. The highest BCUT2D eigenvalue weighted by atomic mass is 16.4. The van der Waals surface area contributed by atoms with E-state index >= 15 is 0 Å². The lowest BCUT2D eigenvalue weighted by molar-refractivity contribution is -0.142. The molecule has 3 rings (SSSR count). The molecule has 0 radical (unpaired) electrons. The summed E-state index contributed by atoms with van der Waals surface area (Å²) < 4.78 is 0. The number of nitrogens with zero attached hydrogens (tertiary/aromatic N) is 2. The average molecular weight is 280 g/mol. The summed E-state index contributed by atoms with van der Waals surface area (Å²) >= 11 is 0. The first-order valence-corrected chi connectivity index (χ1v) is 8.24. The highest BCUT2D eigenvalue weighted by molar-refractivity contribution is 5.68. The molecule has 2 aliphatic carbocycles. The van der Waals surface area contributed by atoms with Gasteiger partial charge in [0.1, 0.15) is 0 Å². The Bertz CT molecular complexity index is 361. The monoisotopic (exact) mass is 280 g/mol. The first-order chi connectivity index (χ1) is 9.59. The molecule has 2 unspecified atom stereocenters. The van der Waals surface area contributed by atoms with Crippen LogP contribution in [0.3, 0.4) is 0 Å². The minimum Gasteiger partial charge on any atom is -0.481 e. The number of aliphatic carboxylic acids is 1. The van der Waals surface area contributed by atoms with E-state index in [1.807, 2.05) is 0 Å². The SMILES string of the molecule is CN1CCN(C2(CC(=O)O)CCCC(C3CC3)C2)CC1. The van der Waals surface area contributed by atoms with E-state index in [-0.39, 0.29) is 5.54 Å². The average Bonchev–Trinajstić information content (AvgIpc) is 3.23. The lowest BCUT2D eigenvalue weighted by Crippen LogP contribution is -2.59. The van der Waals surface area contributed by atoms with Gasteiger partial charge in [-0.2, -0.15) is 0 Å². The molecule has 4 heteroatoms. The van der Waals surface area contributed by atoms with Crippen molar-refractivity contribution >= 4 is 5.97 Å². The summed E-state index contributed by atoms with van der Waals surface area (Å²) in [6.45, 7) is 4.24. The van der Waals surface area contributed by atoms with Gasteiger partial charge in [0.15, 0.2) is 0 Å². The Balaban J connectivity index is 1.74. The maximum Gasteiger partial charge on any atom is 0.305 e. The third kappa shape index (κ3) is 3.01. The number of carboxylic acid groups (broad SMARTS) is 1. The van der Waals surface area contributed by atoms with Crippen molar-refractivity contribution in [2.75, 3.05) is 33.2 Å². The molecule has 1 saturated heterocycles. The molecule has 0 amide bonds. The fraction of sp³-hybridized carbons (Fsp3) is 0.938. The van der Waals surface area contributed by atoms with E-state index in [0.717, 1.165) is 50.9 Å². The van der Waals surface area contributed by atoms with Gasteiger partial charge in [-0.3, -0.25) is 9.69 Å². The van der Waals surface area contributed by atoms with Gasteiger partial charge in [0.25, 0.3) is 0 Å². The minimum absolute atomic E-state index is 0.0431. The van der Waals surface area contributed by atoms with Crippen LogP contribution >= 0.6 is 0 Å². The zero-order chi connectivity index (χ0) is 14.2. The van der Waals surface area contributed by atoms with Crippen LogP contribution in [0.5, 0.6) is 0 Å². The van der Waals surface area contributed by atoms with Crippen LogP contribution in [0.2, 0.25) is 0 Å². The largest absolute Gasteiger partial charge is 0.481 e. The van der Waals surface area contributed by atoms with E-state index in [1.54, 1.807) is 0 Å². The third-order valence-electron chi connectivity index (χ3n) is 5.80. The van der Waals surface area contributed by atoms with Gasteiger partial charge in [-0.05, 0) is 44.6 Å². The van der Waals surface area contributed by atoms with Gasteiger partial charge in [0.05, 0.1) is 6.42 Å². The van der Waals surface area contributed by atoms with Crippen LogP contribution in [-0.2, 0) is 4.79 Å². The predicted molar refractivity (Wildman–Crippen MR) is 78.7 cm³/mol. The van der Waals surface area contributed by atoms with Crippen molar-refractivity contribution in [3.63, 3.8) is 0 Å². The molecule has 3 fully saturated rings. The molecule has 0 spiro atoms. The van der Waals surface area contributed by atoms with Gasteiger partial charge >= 0.3 is 5.97 Å². The molecule has 0 aromatic rings. The number of carboxylic acids is 1. The fourth-order valence-electron chi connectivity index (χ4n) is 4.48. The topological polar surface area (TPSA) is 43.8 Å². The molecule has 1 heterocycles. The van der Waals surface area contributed by atoms with Gasteiger partial charge < -0.3 is 10.0 Å². The summed E-state index contributed by atoms with van der Waals surface area (Å²) in [5.41, 5.74) is -0.0431. The summed E-state index contributed by atoms with van der Waals surface area (Å²) in [6, 6.07) is 0. The third-order valence-corrected chi connectivity index (χ3v) is 5.80. The van der Waals surface area contributed by atoms with Crippen molar-refractivity contribution in [1.29, 1.82) is 0 Å². The Kier molecular flexibility index (Phi) is 4.04. The van der Waals surface area contributed by atoms with Crippen molar-refractivity contribution in [2.45, 2.75) is 50.5 Å². The molecule has 20 heavy (non-hydrogen) atoms. The quantitative estimate of drug-likeness (QED) is 0.856. The second-order valence-electron chi connectivity index (χ2n) is 7.28. The molecule has 3 aliphatic rings. The summed E-state index contributed by atoms with van der Waals surface area (Å²) in [7, 11) is 2.16. The van der Waals surface area contributed by atoms with Crippen LogP contribution in [-0.4, -0.2) is 59.6 Å². The molecule has 2 saturated carbocycles. The van der Waals surface area contributed by atoms with E-state index in [2.05, 4.69) is 16.8 Å². The molecule has 1 aliphatic heterocycles. The van der Waals surface area contributed by atoms with E-state index in [0.29, 0.717) is 6.42 Å². The van der Waals surface area contributed by atoms with Crippen LogP contribution in [0.25, 0.3) is 0 Å². The molecule has 2 atom stereocenters. The number of hydrogen-bond acceptors (Lipinski definition) is 3. The van der Waals surface area contributed by atoms with Crippen molar-refractivity contribution in [3.05, 3.63) is 0 Å². The molecule has 0 aromatic carbocycles. The summed E-state index contributed by atoms with van der Waals surface area (Å²) in [6.07, 6.45) is 7.90. The Morgan fingerprint density at radius 1 is 1.15 bits per heavy atom. The molecular formula is C16H28N2O2. The number of rotatable bonds is 4. The standard InChI is InChI=1S/C16H28N2O2/c1-17-7-9-18(10-8-17)16(12-15(19)20)6-2-3-14(11-16)13-4-5-13/h13-14H,2-12H2,1H3,(H,19,20). The van der Waals surface area contributed by atoms with E-state index < -0.39 is 5.97 Å². The first kappa shape index (κ1) is 14.3. The zero-order valence-corrected chi connectivity index (χ0v) is 12.7. The Morgan fingerprint density at radius 3 is 2.45 bits per heavy atom. The van der Waals surface area contributed by atoms with Gasteiger partial charge in [-0.25, -0.2) is 0 Å². The normalized spacial score (nSPS) is 37.0. The maximum atomic E-state index is 11.4. The van der Waals surface area contributed by atoms with Gasteiger partial charge in [0, 0.05) is 31.7 Å². The smallest absolute Gasteiger partial charge is 0.305 e. The number of carbonyl (C=O) groups is 1.